The number of anilines is 2. The Bertz CT molecular complexity index is 979. The van der Waals surface area contributed by atoms with E-state index in [0.29, 0.717) is 23.7 Å². The fourth-order valence-electron chi connectivity index (χ4n) is 2.62. The van der Waals surface area contributed by atoms with Gasteiger partial charge in [0.2, 0.25) is 5.91 Å². The maximum atomic E-state index is 12.2. The van der Waals surface area contributed by atoms with Gasteiger partial charge in [-0.05, 0) is 30.3 Å². The second-order valence-electron chi connectivity index (χ2n) is 6.14. The van der Waals surface area contributed by atoms with E-state index in [4.69, 9.17) is 4.74 Å². The monoisotopic (exact) mass is 392 g/mol. The zero-order chi connectivity index (χ0) is 20.5. The smallest absolute Gasteiger partial charge is 0.292 e. The summed E-state index contributed by atoms with van der Waals surface area (Å²) in [7, 11) is 0. The van der Waals surface area contributed by atoms with Crippen LogP contribution in [0.1, 0.15) is 12.1 Å². The van der Waals surface area contributed by atoms with E-state index in [-0.39, 0.29) is 24.6 Å². The van der Waals surface area contributed by atoms with E-state index in [1.165, 1.54) is 6.07 Å². The van der Waals surface area contributed by atoms with Gasteiger partial charge in [-0.1, -0.05) is 24.3 Å². The number of nitrogens with one attached hydrogen (secondary N) is 2. The van der Waals surface area contributed by atoms with Gasteiger partial charge in [0.1, 0.15) is 18.0 Å². The molecule has 3 aromatic rings. The van der Waals surface area contributed by atoms with Crippen LogP contribution in [0.5, 0.6) is 5.75 Å². The van der Waals surface area contributed by atoms with E-state index in [1.54, 1.807) is 48.7 Å². The molecule has 8 nitrogen and oxygen atoms in total. The average Bonchev–Trinajstić information content (AvgIpc) is 2.73. The average molecular weight is 392 g/mol. The van der Waals surface area contributed by atoms with Gasteiger partial charge in [-0.3, -0.25) is 19.9 Å². The zero-order valence-corrected chi connectivity index (χ0v) is 15.6. The SMILES string of the molecule is O=C(CCNc1ccccc1[N+](=O)[O-])Nc1cccc(OCc2ccccn2)c1. The van der Waals surface area contributed by atoms with Crippen LogP contribution < -0.4 is 15.4 Å². The molecule has 0 spiro atoms. The Balaban J connectivity index is 1.49. The standard InChI is InChI=1S/C21H20N4O4/c26-21(11-13-23-19-9-1-2-10-20(19)25(27)28)24-16-7-5-8-18(14-16)29-15-17-6-3-4-12-22-17/h1-10,12,14,23H,11,13,15H2,(H,24,26). The number of benzene rings is 2. The van der Waals surface area contributed by atoms with Crippen molar-refractivity contribution in [2.45, 2.75) is 13.0 Å². The minimum atomic E-state index is -0.459. The van der Waals surface area contributed by atoms with Gasteiger partial charge in [0.15, 0.2) is 0 Å². The molecule has 3 rings (SSSR count). The summed E-state index contributed by atoms with van der Waals surface area (Å²) in [6.07, 6.45) is 1.86. The summed E-state index contributed by atoms with van der Waals surface area (Å²) in [5, 5.41) is 16.7. The maximum absolute atomic E-state index is 12.2. The van der Waals surface area contributed by atoms with Gasteiger partial charge in [0.25, 0.3) is 5.69 Å². The lowest BCUT2D eigenvalue weighted by Crippen LogP contribution is -2.16. The fourth-order valence-corrected chi connectivity index (χ4v) is 2.62. The highest BCUT2D eigenvalue weighted by atomic mass is 16.6. The number of nitro groups is 1. The van der Waals surface area contributed by atoms with Crippen LogP contribution in [0.4, 0.5) is 17.1 Å². The summed E-state index contributed by atoms with van der Waals surface area (Å²) >= 11 is 0. The lowest BCUT2D eigenvalue weighted by molar-refractivity contribution is -0.384. The summed E-state index contributed by atoms with van der Waals surface area (Å²) in [5.74, 6) is 0.407. The van der Waals surface area contributed by atoms with Crippen molar-refractivity contribution < 1.29 is 14.5 Å². The highest BCUT2D eigenvalue weighted by Crippen LogP contribution is 2.23. The molecule has 1 aromatic heterocycles. The molecular formula is C21H20N4O4. The first-order valence-corrected chi connectivity index (χ1v) is 9.02. The molecular weight excluding hydrogens is 372 g/mol. The predicted octanol–water partition coefficient (Wildman–Crippen LogP) is 4.01. The first kappa shape index (κ1) is 19.8. The van der Waals surface area contributed by atoms with E-state index in [9.17, 15) is 14.9 Å². The molecule has 2 aromatic carbocycles. The topological polar surface area (TPSA) is 106 Å². The normalized spacial score (nSPS) is 10.2. The first-order chi connectivity index (χ1) is 14.1. The number of carbonyl (C=O) groups excluding carboxylic acids is 1. The van der Waals surface area contributed by atoms with E-state index in [1.807, 2.05) is 18.2 Å². The summed E-state index contributed by atoms with van der Waals surface area (Å²) in [5.41, 5.74) is 1.78. The Hall–Kier alpha value is -3.94. The molecule has 0 aliphatic rings. The molecule has 2 N–H and O–H groups in total. The summed E-state index contributed by atoms with van der Waals surface area (Å²) in [4.78, 5) is 26.9. The van der Waals surface area contributed by atoms with Crippen LogP contribution in [0.3, 0.4) is 0 Å². The molecule has 0 bridgehead atoms. The Morgan fingerprint density at radius 1 is 1.07 bits per heavy atom. The highest BCUT2D eigenvalue weighted by Gasteiger charge is 2.12. The van der Waals surface area contributed by atoms with E-state index in [2.05, 4.69) is 15.6 Å². The fraction of sp³-hybridized carbons (Fsp3) is 0.143. The van der Waals surface area contributed by atoms with Crippen LogP contribution in [-0.4, -0.2) is 22.4 Å². The Kier molecular flexibility index (Phi) is 6.72. The number of rotatable bonds is 9. The second kappa shape index (κ2) is 9.84. The highest BCUT2D eigenvalue weighted by molar-refractivity contribution is 5.91. The number of hydrogen-bond acceptors (Lipinski definition) is 6. The molecule has 1 amide bonds. The number of hydrogen-bond donors (Lipinski definition) is 2. The lowest BCUT2D eigenvalue weighted by Gasteiger charge is -2.10. The van der Waals surface area contributed by atoms with Gasteiger partial charge in [-0.2, -0.15) is 0 Å². The minimum absolute atomic E-state index is 0.0225. The predicted molar refractivity (Wildman–Crippen MR) is 110 cm³/mol. The van der Waals surface area contributed by atoms with Gasteiger partial charge < -0.3 is 15.4 Å². The molecule has 0 aliphatic heterocycles. The van der Waals surface area contributed by atoms with Crippen molar-refractivity contribution in [2.24, 2.45) is 0 Å². The van der Waals surface area contributed by atoms with Gasteiger partial charge in [0, 0.05) is 37.0 Å². The first-order valence-electron chi connectivity index (χ1n) is 9.02. The Morgan fingerprint density at radius 3 is 2.69 bits per heavy atom. The lowest BCUT2D eigenvalue weighted by atomic mass is 10.2. The second-order valence-corrected chi connectivity index (χ2v) is 6.14. The van der Waals surface area contributed by atoms with Crippen molar-refractivity contribution in [3.05, 3.63) is 88.7 Å². The van der Waals surface area contributed by atoms with Crippen LogP contribution in [-0.2, 0) is 11.4 Å². The van der Waals surface area contributed by atoms with Crippen LogP contribution in [0.15, 0.2) is 72.9 Å². The molecule has 29 heavy (non-hydrogen) atoms. The van der Waals surface area contributed by atoms with Crippen molar-refractivity contribution in [2.75, 3.05) is 17.2 Å². The molecule has 0 unspecified atom stereocenters. The van der Waals surface area contributed by atoms with E-state index < -0.39 is 4.92 Å². The van der Waals surface area contributed by atoms with Gasteiger partial charge in [-0.15, -0.1) is 0 Å². The molecule has 0 aliphatic carbocycles. The molecule has 0 saturated carbocycles. The molecule has 0 radical (unpaired) electrons. The number of ether oxygens (including phenoxy) is 1. The van der Waals surface area contributed by atoms with Crippen molar-refractivity contribution in [3.63, 3.8) is 0 Å². The molecule has 0 saturated heterocycles. The molecule has 0 fully saturated rings. The zero-order valence-electron chi connectivity index (χ0n) is 15.6. The van der Waals surface area contributed by atoms with Gasteiger partial charge >= 0.3 is 0 Å². The van der Waals surface area contributed by atoms with Gasteiger partial charge in [-0.25, -0.2) is 0 Å². The minimum Gasteiger partial charge on any atom is -0.487 e. The number of aromatic nitrogens is 1. The number of nitro benzene ring substituents is 1. The van der Waals surface area contributed by atoms with Crippen molar-refractivity contribution >= 4 is 23.0 Å². The number of pyridine rings is 1. The summed E-state index contributed by atoms with van der Waals surface area (Å²) < 4.78 is 5.70. The third-order valence-corrected chi connectivity index (χ3v) is 4.00. The summed E-state index contributed by atoms with van der Waals surface area (Å²) in [6, 6.07) is 19.0. The quantitative estimate of drug-likeness (QED) is 0.421. The third-order valence-electron chi connectivity index (χ3n) is 4.00. The number of nitrogens with zero attached hydrogens (tertiary/aromatic N) is 2. The van der Waals surface area contributed by atoms with Crippen LogP contribution in [0.2, 0.25) is 0 Å². The van der Waals surface area contributed by atoms with Gasteiger partial charge in [0.05, 0.1) is 10.6 Å². The number of amides is 1. The number of para-hydroxylation sites is 2. The third kappa shape index (κ3) is 6.03. The van der Waals surface area contributed by atoms with Crippen LogP contribution in [0, 0.1) is 10.1 Å². The molecule has 1 heterocycles. The Morgan fingerprint density at radius 2 is 1.90 bits per heavy atom. The number of carbonyl (C=O) groups is 1. The van der Waals surface area contributed by atoms with E-state index >= 15 is 0 Å². The molecule has 0 atom stereocenters. The van der Waals surface area contributed by atoms with Crippen molar-refractivity contribution in [3.8, 4) is 5.75 Å². The van der Waals surface area contributed by atoms with E-state index in [0.717, 1.165) is 5.69 Å². The maximum Gasteiger partial charge on any atom is 0.292 e. The Labute approximate surface area is 167 Å². The van der Waals surface area contributed by atoms with Crippen molar-refractivity contribution in [1.82, 2.24) is 4.98 Å². The summed E-state index contributed by atoms with van der Waals surface area (Å²) in [6.45, 7) is 0.602. The molecule has 148 valence electrons. The molecule has 8 heteroatoms. The van der Waals surface area contributed by atoms with Crippen LogP contribution >= 0.6 is 0 Å². The van der Waals surface area contributed by atoms with Crippen LogP contribution in [0.25, 0.3) is 0 Å². The largest absolute Gasteiger partial charge is 0.487 e. The van der Waals surface area contributed by atoms with Crippen molar-refractivity contribution in [1.29, 1.82) is 0 Å².